The number of hydrogen-bond acceptors (Lipinski definition) is 5. The van der Waals surface area contributed by atoms with Gasteiger partial charge in [-0.15, -0.1) is 0 Å². The largest absolute Gasteiger partial charge is 0.469 e. The number of nitrogens with one attached hydrogen (secondary N) is 1. The highest BCUT2D eigenvalue weighted by atomic mass is 16.5. The molecule has 5 heteroatoms. The quantitative estimate of drug-likeness (QED) is 0.621. The predicted octanol–water partition coefficient (Wildman–Crippen LogP) is 3.18. The van der Waals surface area contributed by atoms with E-state index in [0.717, 1.165) is 43.6 Å². The van der Waals surface area contributed by atoms with Gasteiger partial charge in [-0.05, 0) is 50.3 Å². The first-order valence-electron chi connectivity index (χ1n) is 10.6. The number of rotatable bonds is 2. The van der Waals surface area contributed by atoms with Gasteiger partial charge in [-0.2, -0.15) is 0 Å². The van der Waals surface area contributed by atoms with Crippen molar-refractivity contribution in [3.05, 3.63) is 53.8 Å². The van der Waals surface area contributed by atoms with Gasteiger partial charge < -0.3 is 15.0 Å². The molecule has 29 heavy (non-hydrogen) atoms. The van der Waals surface area contributed by atoms with Gasteiger partial charge in [-0.25, -0.2) is 0 Å². The van der Waals surface area contributed by atoms with Crippen molar-refractivity contribution >= 4 is 17.4 Å². The molecule has 3 aliphatic heterocycles. The Bertz CT molecular complexity index is 1010. The topological polar surface area (TPSA) is 58.6 Å². The first-order valence-corrected chi connectivity index (χ1v) is 10.6. The Morgan fingerprint density at radius 2 is 2.07 bits per heavy atom. The third-order valence-corrected chi connectivity index (χ3v) is 8.55. The van der Waals surface area contributed by atoms with Crippen molar-refractivity contribution in [3.63, 3.8) is 0 Å². The summed E-state index contributed by atoms with van der Waals surface area (Å²) in [5.41, 5.74) is 2.98. The molecule has 1 aromatic carbocycles. The third-order valence-electron chi connectivity index (χ3n) is 8.55. The van der Waals surface area contributed by atoms with Crippen molar-refractivity contribution in [1.29, 1.82) is 0 Å². The molecule has 1 saturated heterocycles. The molecule has 3 saturated carbocycles. The molecule has 6 aliphatic rings. The fourth-order valence-electron chi connectivity index (χ4n) is 7.78. The maximum atomic E-state index is 13.0. The number of allylic oxidation sites excluding steroid dienone is 2. The number of anilines is 1. The van der Waals surface area contributed by atoms with E-state index in [9.17, 15) is 9.59 Å². The fraction of sp³-hybridized carbons (Fsp3) is 0.500. The van der Waals surface area contributed by atoms with Gasteiger partial charge in [0.05, 0.1) is 24.6 Å². The van der Waals surface area contributed by atoms with Gasteiger partial charge in [0, 0.05) is 34.8 Å². The highest BCUT2D eigenvalue weighted by Crippen LogP contribution is 2.73. The number of carbonyl (C=O) groups is 2. The van der Waals surface area contributed by atoms with Crippen LogP contribution in [0, 0.1) is 11.3 Å². The van der Waals surface area contributed by atoms with Gasteiger partial charge in [0.2, 0.25) is 0 Å². The number of para-hydroxylation sites is 1. The van der Waals surface area contributed by atoms with Gasteiger partial charge in [0.15, 0.2) is 5.78 Å². The number of ether oxygens (including phenoxy) is 1. The van der Waals surface area contributed by atoms with Crippen molar-refractivity contribution in [1.82, 2.24) is 4.90 Å². The summed E-state index contributed by atoms with van der Waals surface area (Å²) < 4.78 is 5.32. The van der Waals surface area contributed by atoms with Gasteiger partial charge >= 0.3 is 5.97 Å². The molecule has 4 fully saturated rings. The molecule has 3 heterocycles. The second-order valence-electron chi connectivity index (χ2n) is 9.49. The summed E-state index contributed by atoms with van der Waals surface area (Å²) in [4.78, 5) is 27.4. The average molecular weight is 390 g/mol. The maximum Gasteiger partial charge on any atom is 0.311 e. The fourth-order valence-corrected chi connectivity index (χ4v) is 7.78. The van der Waals surface area contributed by atoms with E-state index in [1.54, 1.807) is 13.0 Å². The van der Waals surface area contributed by atoms with Crippen LogP contribution in [0.5, 0.6) is 0 Å². The molecule has 3 aliphatic carbocycles. The van der Waals surface area contributed by atoms with Crippen LogP contribution in [0.1, 0.15) is 38.2 Å². The standard InChI is InChI=1S/C24H26N2O3/c1-15(27)13-16-7-8-22-9-10-24(18(14-22)20(28)29-2)23(11-12-26(16)21(22)23)17-5-3-4-6-19(17)25-24/h3-8,13,18,21,25H,9-12,14H2,1-2H3. The zero-order valence-electron chi connectivity index (χ0n) is 16.9. The molecule has 2 bridgehead atoms. The van der Waals surface area contributed by atoms with Crippen molar-refractivity contribution in [2.24, 2.45) is 11.3 Å². The summed E-state index contributed by atoms with van der Waals surface area (Å²) in [6.07, 6.45) is 9.99. The minimum absolute atomic E-state index is 0.0651. The van der Waals surface area contributed by atoms with Crippen molar-refractivity contribution in [3.8, 4) is 0 Å². The Balaban J connectivity index is 1.64. The lowest BCUT2D eigenvalue weighted by Gasteiger charge is -2.67. The van der Waals surface area contributed by atoms with Crippen LogP contribution in [0.4, 0.5) is 5.69 Å². The predicted molar refractivity (Wildman–Crippen MR) is 109 cm³/mol. The zero-order chi connectivity index (χ0) is 20.0. The Kier molecular flexibility index (Phi) is 3.18. The Hall–Kier alpha value is -2.56. The van der Waals surface area contributed by atoms with E-state index in [4.69, 9.17) is 4.74 Å². The van der Waals surface area contributed by atoms with Crippen LogP contribution in [0.2, 0.25) is 0 Å². The van der Waals surface area contributed by atoms with E-state index in [2.05, 4.69) is 46.6 Å². The molecule has 7 rings (SSSR count). The molecule has 5 atom stereocenters. The minimum atomic E-state index is -0.322. The summed E-state index contributed by atoms with van der Waals surface area (Å²) in [5, 5.41) is 3.87. The Labute approximate surface area is 170 Å². The molecule has 0 amide bonds. The molecule has 5 nitrogen and oxygen atoms in total. The Morgan fingerprint density at radius 3 is 2.86 bits per heavy atom. The van der Waals surface area contributed by atoms with Crippen LogP contribution >= 0.6 is 0 Å². The summed E-state index contributed by atoms with van der Waals surface area (Å²) in [6, 6.07) is 8.84. The number of methoxy groups -OCH3 is 1. The van der Waals surface area contributed by atoms with E-state index >= 15 is 0 Å². The van der Waals surface area contributed by atoms with Crippen LogP contribution in [0.15, 0.2) is 48.2 Å². The molecular weight excluding hydrogens is 364 g/mol. The number of ketones is 1. The van der Waals surface area contributed by atoms with E-state index in [1.165, 1.54) is 12.7 Å². The number of fused-ring (bicyclic) bond motifs is 3. The molecule has 1 aromatic rings. The molecule has 150 valence electrons. The SMILES string of the molecule is COC(=O)C1CC23C=CC(=CC(C)=O)N4CCC5(c6ccccc6NC15CC2)C43. The molecule has 0 aromatic heterocycles. The van der Waals surface area contributed by atoms with Gasteiger partial charge in [-0.3, -0.25) is 9.59 Å². The highest BCUT2D eigenvalue weighted by Gasteiger charge is 2.79. The first-order chi connectivity index (χ1) is 14.0. The second-order valence-corrected chi connectivity index (χ2v) is 9.49. The van der Waals surface area contributed by atoms with E-state index in [0.29, 0.717) is 0 Å². The van der Waals surface area contributed by atoms with Crippen LogP contribution in [-0.4, -0.2) is 41.9 Å². The van der Waals surface area contributed by atoms with Crippen molar-refractivity contribution in [2.75, 3.05) is 19.0 Å². The van der Waals surface area contributed by atoms with Crippen LogP contribution < -0.4 is 5.32 Å². The normalized spacial score (nSPS) is 41.6. The average Bonchev–Trinajstić information content (AvgIpc) is 3.28. The monoisotopic (exact) mass is 390 g/mol. The molecule has 0 radical (unpaired) electrons. The highest BCUT2D eigenvalue weighted by molar-refractivity contribution is 5.88. The van der Waals surface area contributed by atoms with Crippen LogP contribution in [0.25, 0.3) is 0 Å². The van der Waals surface area contributed by atoms with Gasteiger partial charge in [0.1, 0.15) is 0 Å². The van der Waals surface area contributed by atoms with E-state index < -0.39 is 0 Å². The molecular formula is C24H26N2O3. The number of hydrogen-bond donors (Lipinski definition) is 1. The number of nitrogens with zero attached hydrogens (tertiary/aromatic N) is 1. The Morgan fingerprint density at radius 1 is 1.24 bits per heavy atom. The van der Waals surface area contributed by atoms with Gasteiger partial charge in [0.25, 0.3) is 0 Å². The summed E-state index contributed by atoms with van der Waals surface area (Å²) in [5.74, 6) is -0.193. The molecule has 1 N–H and O–H groups in total. The van der Waals surface area contributed by atoms with Crippen LogP contribution in [0.3, 0.4) is 0 Å². The summed E-state index contributed by atoms with van der Waals surface area (Å²) >= 11 is 0. The zero-order valence-corrected chi connectivity index (χ0v) is 16.9. The van der Waals surface area contributed by atoms with Crippen molar-refractivity contribution < 1.29 is 14.3 Å². The molecule has 5 unspecified atom stereocenters. The summed E-state index contributed by atoms with van der Waals surface area (Å²) in [7, 11) is 1.51. The maximum absolute atomic E-state index is 13.0. The third kappa shape index (κ3) is 1.79. The van der Waals surface area contributed by atoms with Crippen molar-refractivity contribution in [2.45, 2.75) is 49.6 Å². The lowest BCUT2D eigenvalue weighted by molar-refractivity contribution is -0.161. The van der Waals surface area contributed by atoms with Gasteiger partial charge in [-0.1, -0.05) is 24.3 Å². The lowest BCUT2D eigenvalue weighted by atomic mass is 9.39. The smallest absolute Gasteiger partial charge is 0.311 e. The van der Waals surface area contributed by atoms with E-state index in [-0.39, 0.29) is 40.1 Å². The van der Waals surface area contributed by atoms with E-state index in [1.807, 2.05) is 0 Å². The number of esters is 1. The number of carbonyl (C=O) groups excluding carboxylic acids is 2. The minimum Gasteiger partial charge on any atom is -0.469 e. The second kappa shape index (κ2) is 5.32. The lowest BCUT2D eigenvalue weighted by Crippen LogP contribution is -2.76. The molecule has 3 spiro atoms. The first kappa shape index (κ1) is 17.3. The summed E-state index contributed by atoms with van der Waals surface area (Å²) in [6.45, 7) is 2.52. The number of benzene rings is 1. The van der Waals surface area contributed by atoms with Crippen LogP contribution in [-0.2, 0) is 19.7 Å².